The van der Waals surface area contributed by atoms with E-state index in [9.17, 15) is 4.79 Å². The number of fused-ring (bicyclic) bond motifs is 1. The van der Waals surface area contributed by atoms with Crippen molar-refractivity contribution in [3.05, 3.63) is 40.4 Å². The number of nitrogens with zero attached hydrogens (tertiary/aromatic N) is 3. The molecule has 1 aliphatic heterocycles. The lowest BCUT2D eigenvalue weighted by atomic mass is 10.2. The van der Waals surface area contributed by atoms with E-state index in [0.29, 0.717) is 12.8 Å². The van der Waals surface area contributed by atoms with E-state index >= 15 is 0 Å². The highest BCUT2D eigenvalue weighted by Gasteiger charge is 2.24. The van der Waals surface area contributed by atoms with Gasteiger partial charge in [-0.05, 0) is 30.2 Å². The molecule has 1 amide bonds. The van der Waals surface area contributed by atoms with Gasteiger partial charge in [-0.1, -0.05) is 15.9 Å². The summed E-state index contributed by atoms with van der Waals surface area (Å²) in [7, 11) is 0. The Morgan fingerprint density at radius 1 is 1.47 bits per heavy atom. The molecule has 0 spiro atoms. The SMILES string of the molecule is O=C(CCc1ncn[nH]1)N1CCc2cc(Br)ccc21. The van der Waals surface area contributed by atoms with E-state index in [1.54, 1.807) is 0 Å². The van der Waals surface area contributed by atoms with Crippen LogP contribution in [0.25, 0.3) is 0 Å². The van der Waals surface area contributed by atoms with Crippen molar-refractivity contribution >= 4 is 27.5 Å². The zero-order chi connectivity index (χ0) is 13.2. The van der Waals surface area contributed by atoms with Crippen molar-refractivity contribution in [2.75, 3.05) is 11.4 Å². The molecule has 0 unspecified atom stereocenters. The number of anilines is 1. The minimum Gasteiger partial charge on any atom is -0.312 e. The predicted molar refractivity (Wildman–Crippen MR) is 74.9 cm³/mol. The number of H-pyrrole nitrogens is 1. The molecule has 3 rings (SSSR count). The Balaban J connectivity index is 1.69. The van der Waals surface area contributed by atoms with E-state index in [-0.39, 0.29) is 5.91 Å². The first-order chi connectivity index (χ1) is 9.24. The standard InChI is InChI=1S/C13H13BrN4O/c14-10-1-2-11-9(7-10)5-6-18(11)13(19)4-3-12-15-8-16-17-12/h1-2,7-8H,3-6H2,(H,15,16,17). The maximum absolute atomic E-state index is 12.2. The van der Waals surface area contributed by atoms with E-state index in [1.807, 2.05) is 17.0 Å². The van der Waals surface area contributed by atoms with Crippen molar-refractivity contribution < 1.29 is 4.79 Å². The van der Waals surface area contributed by atoms with Gasteiger partial charge in [0.05, 0.1) is 0 Å². The van der Waals surface area contributed by atoms with Crippen molar-refractivity contribution in [3.63, 3.8) is 0 Å². The second-order valence-electron chi connectivity index (χ2n) is 4.50. The summed E-state index contributed by atoms with van der Waals surface area (Å²) in [5.74, 6) is 0.890. The molecule has 2 heterocycles. The molecular weight excluding hydrogens is 308 g/mol. The molecule has 19 heavy (non-hydrogen) atoms. The first-order valence-corrected chi connectivity index (χ1v) is 6.96. The summed E-state index contributed by atoms with van der Waals surface area (Å²) in [4.78, 5) is 18.1. The molecular formula is C13H13BrN4O. The third kappa shape index (κ3) is 2.53. The van der Waals surface area contributed by atoms with Crippen LogP contribution in [0.15, 0.2) is 29.0 Å². The predicted octanol–water partition coefficient (Wildman–Crippen LogP) is 2.09. The molecule has 2 aromatic rings. The topological polar surface area (TPSA) is 61.9 Å². The van der Waals surface area contributed by atoms with Crippen LogP contribution in [0, 0.1) is 0 Å². The summed E-state index contributed by atoms with van der Waals surface area (Å²) in [6.45, 7) is 0.765. The van der Waals surface area contributed by atoms with Gasteiger partial charge in [0.1, 0.15) is 12.2 Å². The van der Waals surface area contributed by atoms with Crippen LogP contribution in [0.4, 0.5) is 5.69 Å². The summed E-state index contributed by atoms with van der Waals surface area (Å²) >= 11 is 3.46. The molecule has 0 fully saturated rings. The van der Waals surface area contributed by atoms with Crippen LogP contribution in [0.2, 0.25) is 0 Å². The van der Waals surface area contributed by atoms with Gasteiger partial charge in [0.2, 0.25) is 5.91 Å². The fraction of sp³-hybridized carbons (Fsp3) is 0.308. The third-order valence-electron chi connectivity index (χ3n) is 3.28. The number of aromatic nitrogens is 3. The van der Waals surface area contributed by atoms with Gasteiger partial charge in [-0.2, -0.15) is 5.10 Å². The van der Waals surface area contributed by atoms with E-state index in [2.05, 4.69) is 37.2 Å². The first-order valence-electron chi connectivity index (χ1n) is 6.17. The van der Waals surface area contributed by atoms with Gasteiger partial charge in [-0.25, -0.2) is 4.98 Å². The van der Waals surface area contributed by atoms with Crippen LogP contribution in [0.5, 0.6) is 0 Å². The molecule has 0 bridgehead atoms. The molecule has 0 atom stereocenters. The molecule has 0 saturated carbocycles. The van der Waals surface area contributed by atoms with Gasteiger partial charge < -0.3 is 4.90 Å². The van der Waals surface area contributed by atoms with Crippen molar-refractivity contribution in [3.8, 4) is 0 Å². The number of halogens is 1. The third-order valence-corrected chi connectivity index (χ3v) is 3.77. The van der Waals surface area contributed by atoms with E-state index in [4.69, 9.17) is 0 Å². The van der Waals surface area contributed by atoms with Crippen LogP contribution in [-0.4, -0.2) is 27.6 Å². The second-order valence-corrected chi connectivity index (χ2v) is 5.42. The van der Waals surface area contributed by atoms with Crippen LogP contribution < -0.4 is 4.90 Å². The monoisotopic (exact) mass is 320 g/mol. The minimum atomic E-state index is 0.137. The Bertz CT molecular complexity index is 597. The van der Waals surface area contributed by atoms with E-state index in [1.165, 1.54) is 11.9 Å². The average Bonchev–Trinajstić information content (AvgIpc) is 3.04. The summed E-state index contributed by atoms with van der Waals surface area (Å²) in [6, 6.07) is 6.05. The lowest BCUT2D eigenvalue weighted by molar-refractivity contribution is -0.118. The number of hydrogen-bond acceptors (Lipinski definition) is 3. The van der Waals surface area contributed by atoms with Crippen LogP contribution >= 0.6 is 15.9 Å². The van der Waals surface area contributed by atoms with Crippen molar-refractivity contribution in [1.82, 2.24) is 15.2 Å². The highest BCUT2D eigenvalue weighted by atomic mass is 79.9. The molecule has 5 nitrogen and oxygen atoms in total. The van der Waals surface area contributed by atoms with Gasteiger partial charge in [0.25, 0.3) is 0 Å². The lowest BCUT2D eigenvalue weighted by Gasteiger charge is -2.17. The molecule has 0 aliphatic carbocycles. The second kappa shape index (κ2) is 5.13. The molecule has 98 valence electrons. The van der Waals surface area contributed by atoms with Crippen molar-refractivity contribution in [2.45, 2.75) is 19.3 Å². The smallest absolute Gasteiger partial charge is 0.227 e. The fourth-order valence-electron chi connectivity index (χ4n) is 2.34. The number of benzene rings is 1. The molecule has 0 radical (unpaired) electrons. The van der Waals surface area contributed by atoms with Crippen molar-refractivity contribution in [1.29, 1.82) is 0 Å². The molecule has 1 aromatic heterocycles. The summed E-state index contributed by atoms with van der Waals surface area (Å²) in [6.07, 6.45) is 3.43. The number of rotatable bonds is 3. The maximum Gasteiger partial charge on any atom is 0.227 e. The van der Waals surface area contributed by atoms with Crippen LogP contribution in [0.1, 0.15) is 17.8 Å². The molecule has 1 aromatic carbocycles. The van der Waals surface area contributed by atoms with Gasteiger partial charge in [-0.3, -0.25) is 9.89 Å². The quantitative estimate of drug-likeness (QED) is 0.942. The average molecular weight is 321 g/mol. The Labute approximate surface area is 119 Å². The highest BCUT2D eigenvalue weighted by molar-refractivity contribution is 9.10. The normalized spacial score (nSPS) is 13.6. The Morgan fingerprint density at radius 3 is 3.16 bits per heavy atom. The zero-order valence-electron chi connectivity index (χ0n) is 10.3. The molecule has 1 aliphatic rings. The molecule has 6 heteroatoms. The number of amides is 1. The van der Waals surface area contributed by atoms with E-state index in [0.717, 1.165) is 29.0 Å². The highest BCUT2D eigenvalue weighted by Crippen LogP contribution is 2.30. The number of carbonyl (C=O) groups excluding carboxylic acids is 1. The number of aromatic amines is 1. The molecule has 0 saturated heterocycles. The zero-order valence-corrected chi connectivity index (χ0v) is 11.9. The van der Waals surface area contributed by atoms with Crippen LogP contribution in [0.3, 0.4) is 0 Å². The maximum atomic E-state index is 12.2. The van der Waals surface area contributed by atoms with Gasteiger partial charge in [0.15, 0.2) is 0 Å². The largest absolute Gasteiger partial charge is 0.312 e. The first kappa shape index (κ1) is 12.3. The van der Waals surface area contributed by atoms with Gasteiger partial charge in [-0.15, -0.1) is 0 Å². The van der Waals surface area contributed by atoms with Crippen LogP contribution in [-0.2, 0) is 17.6 Å². The number of nitrogens with one attached hydrogen (secondary N) is 1. The van der Waals surface area contributed by atoms with Gasteiger partial charge >= 0.3 is 0 Å². The Morgan fingerprint density at radius 2 is 2.37 bits per heavy atom. The summed E-state index contributed by atoms with van der Waals surface area (Å²) < 4.78 is 1.06. The number of hydrogen-bond donors (Lipinski definition) is 1. The Hall–Kier alpha value is -1.69. The van der Waals surface area contributed by atoms with Crippen molar-refractivity contribution in [2.24, 2.45) is 0 Å². The lowest BCUT2D eigenvalue weighted by Crippen LogP contribution is -2.29. The van der Waals surface area contributed by atoms with E-state index < -0.39 is 0 Å². The summed E-state index contributed by atoms with van der Waals surface area (Å²) in [5, 5.41) is 6.55. The summed E-state index contributed by atoms with van der Waals surface area (Å²) in [5.41, 5.74) is 2.26. The number of aryl methyl sites for hydroxylation is 1. The molecule has 1 N–H and O–H groups in total. The van der Waals surface area contributed by atoms with Gasteiger partial charge in [0, 0.05) is 29.5 Å². The fourth-order valence-corrected chi connectivity index (χ4v) is 2.75. The minimum absolute atomic E-state index is 0.137. The number of carbonyl (C=O) groups is 1. The Kier molecular flexibility index (Phi) is 3.33.